The highest BCUT2D eigenvalue weighted by atomic mass is 19.1. The average Bonchev–Trinajstić information content (AvgIpc) is 2.88. The molecule has 1 aromatic heterocycles. The zero-order valence-electron chi connectivity index (χ0n) is 15.6. The van der Waals surface area contributed by atoms with Crippen molar-refractivity contribution in [3.63, 3.8) is 0 Å². The molecule has 0 aliphatic carbocycles. The third-order valence-electron chi connectivity index (χ3n) is 3.87. The number of aryl methyl sites for hydroxylation is 3. The molecule has 0 bridgehead atoms. The van der Waals surface area contributed by atoms with E-state index in [2.05, 4.69) is 26.8 Å². The van der Waals surface area contributed by atoms with Crippen molar-refractivity contribution in [3.8, 4) is 0 Å². The summed E-state index contributed by atoms with van der Waals surface area (Å²) in [7, 11) is 0. The Bertz CT molecular complexity index is 719. The summed E-state index contributed by atoms with van der Waals surface area (Å²) >= 11 is 0. The van der Waals surface area contributed by atoms with Crippen LogP contribution in [0.3, 0.4) is 0 Å². The molecule has 7 heteroatoms. The van der Waals surface area contributed by atoms with Crippen molar-refractivity contribution in [1.82, 2.24) is 20.4 Å². The third kappa shape index (κ3) is 6.46. The maximum atomic E-state index is 13.2. The van der Waals surface area contributed by atoms with Crippen LogP contribution in [0.5, 0.6) is 0 Å². The minimum atomic E-state index is -0.551. The van der Waals surface area contributed by atoms with Crippen LogP contribution >= 0.6 is 0 Å². The van der Waals surface area contributed by atoms with Gasteiger partial charge in [0.25, 0.3) is 0 Å². The van der Waals surface area contributed by atoms with E-state index in [0.717, 1.165) is 37.0 Å². The van der Waals surface area contributed by atoms with Gasteiger partial charge in [-0.1, -0.05) is 0 Å². The van der Waals surface area contributed by atoms with Crippen LogP contribution < -0.4 is 10.6 Å². The first-order chi connectivity index (χ1) is 12.5. The molecule has 0 amide bonds. The van der Waals surface area contributed by atoms with E-state index in [1.54, 1.807) is 0 Å². The van der Waals surface area contributed by atoms with Crippen LogP contribution in [0.25, 0.3) is 0 Å². The Morgan fingerprint density at radius 2 is 1.85 bits per heavy atom. The van der Waals surface area contributed by atoms with E-state index in [1.165, 1.54) is 12.1 Å². The topological polar surface area (TPSA) is 54.2 Å². The maximum Gasteiger partial charge on any atom is 0.191 e. The monoisotopic (exact) mass is 363 g/mol. The lowest BCUT2D eigenvalue weighted by Gasteiger charge is -2.11. The minimum Gasteiger partial charge on any atom is -0.357 e. The van der Waals surface area contributed by atoms with Crippen LogP contribution in [-0.2, 0) is 13.0 Å². The molecule has 0 spiro atoms. The summed E-state index contributed by atoms with van der Waals surface area (Å²) in [6, 6.07) is 5.64. The molecule has 1 heterocycles. The molecule has 2 N–H and O–H groups in total. The lowest BCUT2D eigenvalue weighted by Crippen LogP contribution is -2.38. The first kappa shape index (κ1) is 19.9. The van der Waals surface area contributed by atoms with E-state index >= 15 is 0 Å². The largest absolute Gasteiger partial charge is 0.357 e. The highest BCUT2D eigenvalue weighted by Gasteiger charge is 2.03. The van der Waals surface area contributed by atoms with Crippen molar-refractivity contribution in [2.24, 2.45) is 4.99 Å². The van der Waals surface area contributed by atoms with Crippen LogP contribution in [0.15, 0.2) is 29.3 Å². The quantitative estimate of drug-likeness (QED) is 0.431. The molecule has 0 unspecified atom stereocenters. The fraction of sp³-hybridized carbons (Fsp3) is 0.474. The van der Waals surface area contributed by atoms with Gasteiger partial charge in [0, 0.05) is 37.9 Å². The number of nitrogens with one attached hydrogen (secondary N) is 2. The van der Waals surface area contributed by atoms with E-state index in [4.69, 9.17) is 0 Å². The molecule has 0 atom stereocenters. The molecule has 26 heavy (non-hydrogen) atoms. The predicted octanol–water partition coefficient (Wildman–Crippen LogP) is 2.97. The first-order valence-electron chi connectivity index (χ1n) is 8.96. The number of aromatic nitrogens is 2. The lowest BCUT2D eigenvalue weighted by molar-refractivity contribution is 0.567. The molecule has 2 rings (SSSR count). The summed E-state index contributed by atoms with van der Waals surface area (Å²) in [6.07, 6.45) is 1.40. The summed E-state index contributed by atoms with van der Waals surface area (Å²) in [5, 5.41) is 10.8. The molecular weight excluding hydrogens is 336 g/mol. The Morgan fingerprint density at radius 3 is 2.46 bits per heavy atom. The molecule has 0 radical (unpaired) electrons. The molecule has 0 aliphatic rings. The number of halogens is 2. The predicted molar refractivity (Wildman–Crippen MR) is 100 cm³/mol. The molecule has 2 aromatic rings. The smallest absolute Gasteiger partial charge is 0.191 e. The van der Waals surface area contributed by atoms with Gasteiger partial charge >= 0.3 is 0 Å². The standard InChI is InChI=1S/C19H27F2N5/c1-4-22-19(23-7-5-9-26-15(3)10-14(2)25-26)24-8-6-16-11-17(20)13-18(21)12-16/h10-13H,4-9H2,1-3H3,(H2,22,23,24). The molecule has 5 nitrogen and oxygen atoms in total. The van der Waals surface area contributed by atoms with Gasteiger partial charge in [-0.25, -0.2) is 8.78 Å². The van der Waals surface area contributed by atoms with Gasteiger partial charge < -0.3 is 10.6 Å². The number of hydrogen-bond donors (Lipinski definition) is 2. The van der Waals surface area contributed by atoms with Gasteiger partial charge in [0.1, 0.15) is 11.6 Å². The van der Waals surface area contributed by atoms with Crippen LogP contribution in [0.2, 0.25) is 0 Å². The van der Waals surface area contributed by atoms with Crippen LogP contribution in [-0.4, -0.2) is 35.4 Å². The minimum absolute atomic E-state index is 0.519. The van der Waals surface area contributed by atoms with E-state index in [1.807, 2.05) is 25.5 Å². The second-order valence-corrected chi connectivity index (χ2v) is 6.22. The number of aliphatic imine (C=N–C) groups is 1. The van der Waals surface area contributed by atoms with Gasteiger partial charge in [0.15, 0.2) is 5.96 Å². The Morgan fingerprint density at radius 1 is 1.12 bits per heavy atom. The van der Waals surface area contributed by atoms with Crippen molar-refractivity contribution in [2.45, 2.75) is 40.2 Å². The number of rotatable bonds is 8. The fourth-order valence-electron chi connectivity index (χ4n) is 2.73. The summed E-state index contributed by atoms with van der Waals surface area (Å²) in [4.78, 5) is 4.54. The van der Waals surface area contributed by atoms with E-state index in [9.17, 15) is 8.78 Å². The van der Waals surface area contributed by atoms with Crippen molar-refractivity contribution >= 4 is 5.96 Å². The van der Waals surface area contributed by atoms with Crippen molar-refractivity contribution in [3.05, 3.63) is 52.9 Å². The van der Waals surface area contributed by atoms with E-state index in [0.29, 0.717) is 31.0 Å². The second kappa shape index (κ2) is 9.89. The maximum absolute atomic E-state index is 13.2. The van der Waals surface area contributed by atoms with Crippen LogP contribution in [0.4, 0.5) is 8.78 Å². The van der Waals surface area contributed by atoms with Crippen LogP contribution in [0.1, 0.15) is 30.3 Å². The Hall–Kier alpha value is -2.44. The van der Waals surface area contributed by atoms with E-state index in [-0.39, 0.29) is 0 Å². The van der Waals surface area contributed by atoms with Crippen LogP contribution in [0, 0.1) is 25.5 Å². The van der Waals surface area contributed by atoms with Gasteiger partial charge in [-0.2, -0.15) is 5.10 Å². The summed E-state index contributed by atoms with van der Waals surface area (Å²) < 4.78 is 28.4. The number of hydrogen-bond acceptors (Lipinski definition) is 2. The SMILES string of the molecule is CCNC(=NCCCn1nc(C)cc1C)NCCc1cc(F)cc(F)c1. The van der Waals surface area contributed by atoms with Gasteiger partial charge in [0.05, 0.1) is 5.69 Å². The molecule has 142 valence electrons. The Kier molecular flexibility index (Phi) is 7.56. The molecule has 0 aliphatic heterocycles. The Labute approximate surface area is 153 Å². The number of guanidine groups is 1. The summed E-state index contributed by atoms with van der Waals surface area (Å²) in [6.45, 7) is 8.82. The lowest BCUT2D eigenvalue weighted by atomic mass is 10.1. The first-order valence-corrected chi connectivity index (χ1v) is 8.96. The number of benzene rings is 1. The highest BCUT2D eigenvalue weighted by molar-refractivity contribution is 5.79. The summed E-state index contributed by atoms with van der Waals surface area (Å²) in [5.74, 6) is -0.396. The van der Waals surface area contributed by atoms with Crippen molar-refractivity contribution < 1.29 is 8.78 Å². The summed E-state index contributed by atoms with van der Waals surface area (Å²) in [5.41, 5.74) is 2.80. The second-order valence-electron chi connectivity index (χ2n) is 6.22. The Balaban J connectivity index is 1.79. The molecule has 1 aromatic carbocycles. The molecule has 0 fully saturated rings. The van der Waals surface area contributed by atoms with E-state index < -0.39 is 11.6 Å². The highest BCUT2D eigenvalue weighted by Crippen LogP contribution is 2.08. The van der Waals surface area contributed by atoms with Gasteiger partial charge in [-0.3, -0.25) is 9.67 Å². The molecule has 0 saturated heterocycles. The van der Waals surface area contributed by atoms with Gasteiger partial charge in [-0.05, 0) is 57.4 Å². The fourth-order valence-corrected chi connectivity index (χ4v) is 2.73. The van der Waals surface area contributed by atoms with Crippen molar-refractivity contribution in [1.29, 1.82) is 0 Å². The zero-order valence-corrected chi connectivity index (χ0v) is 15.6. The average molecular weight is 363 g/mol. The normalized spacial score (nSPS) is 11.7. The van der Waals surface area contributed by atoms with Gasteiger partial charge in [-0.15, -0.1) is 0 Å². The molecule has 0 saturated carbocycles. The molecular formula is C19H27F2N5. The van der Waals surface area contributed by atoms with Gasteiger partial charge in [0.2, 0.25) is 0 Å². The van der Waals surface area contributed by atoms with Crippen molar-refractivity contribution in [2.75, 3.05) is 19.6 Å². The zero-order chi connectivity index (χ0) is 18.9. The number of nitrogens with zero attached hydrogens (tertiary/aromatic N) is 3. The third-order valence-corrected chi connectivity index (χ3v) is 3.87.